The highest BCUT2D eigenvalue weighted by Crippen LogP contribution is 2.47. The van der Waals surface area contributed by atoms with Crippen LogP contribution in [0.3, 0.4) is 0 Å². The van der Waals surface area contributed by atoms with Crippen molar-refractivity contribution in [1.29, 1.82) is 0 Å². The number of nitrogens with one attached hydrogen (secondary N) is 1. The first kappa shape index (κ1) is 20.7. The molecule has 156 valence electrons. The van der Waals surface area contributed by atoms with Gasteiger partial charge in [-0.25, -0.2) is 0 Å². The molecule has 0 radical (unpaired) electrons. The smallest absolute Gasteiger partial charge is 0.0998 e. The third-order valence-corrected chi connectivity index (χ3v) is 7.47. The van der Waals surface area contributed by atoms with Gasteiger partial charge < -0.3 is 15.6 Å². The van der Waals surface area contributed by atoms with Gasteiger partial charge in [0.15, 0.2) is 0 Å². The molecule has 0 fully saturated rings. The number of aromatic nitrogens is 1. The summed E-state index contributed by atoms with van der Waals surface area (Å²) >= 11 is 6.53. The summed E-state index contributed by atoms with van der Waals surface area (Å²) in [5.74, 6) is 0.411. The first-order valence-corrected chi connectivity index (χ1v) is 11.1. The zero-order valence-electron chi connectivity index (χ0n) is 18.1. The summed E-state index contributed by atoms with van der Waals surface area (Å²) in [4.78, 5) is 8.47. The van der Waals surface area contributed by atoms with Crippen molar-refractivity contribution in [3.63, 3.8) is 0 Å². The van der Waals surface area contributed by atoms with Crippen LogP contribution in [0.2, 0.25) is 5.02 Å². The second-order valence-corrected chi connectivity index (χ2v) is 8.98. The Labute approximate surface area is 179 Å². The van der Waals surface area contributed by atoms with E-state index < -0.39 is 5.66 Å². The number of nitrogens with zero attached hydrogens (tertiary/aromatic N) is 2. The molecular formula is C24H33ClN4. The van der Waals surface area contributed by atoms with E-state index >= 15 is 0 Å². The Morgan fingerprint density at radius 3 is 2.79 bits per heavy atom. The van der Waals surface area contributed by atoms with E-state index in [0.29, 0.717) is 12.0 Å². The molecule has 0 saturated carbocycles. The molecule has 2 aromatic rings. The first-order chi connectivity index (χ1) is 13.8. The number of aromatic amines is 1. The molecule has 1 aromatic carbocycles. The van der Waals surface area contributed by atoms with Gasteiger partial charge in [-0.15, -0.1) is 6.58 Å². The lowest BCUT2D eigenvalue weighted by atomic mass is 9.74. The van der Waals surface area contributed by atoms with Crippen molar-refractivity contribution in [2.75, 3.05) is 26.2 Å². The predicted molar refractivity (Wildman–Crippen MR) is 124 cm³/mol. The van der Waals surface area contributed by atoms with Gasteiger partial charge in [-0.1, -0.05) is 43.7 Å². The summed E-state index contributed by atoms with van der Waals surface area (Å²) in [5.41, 5.74) is 12.6. The molecule has 1 unspecified atom stereocenters. The molecule has 5 heteroatoms. The second kappa shape index (κ2) is 7.59. The van der Waals surface area contributed by atoms with Crippen LogP contribution in [0.4, 0.5) is 0 Å². The van der Waals surface area contributed by atoms with Gasteiger partial charge in [0, 0.05) is 42.6 Å². The van der Waals surface area contributed by atoms with Crippen LogP contribution in [0.1, 0.15) is 37.6 Å². The van der Waals surface area contributed by atoms with Gasteiger partial charge in [-0.05, 0) is 49.7 Å². The van der Waals surface area contributed by atoms with Crippen LogP contribution in [0.25, 0.3) is 16.5 Å². The van der Waals surface area contributed by atoms with Crippen molar-refractivity contribution in [3.05, 3.63) is 52.7 Å². The van der Waals surface area contributed by atoms with Crippen LogP contribution < -0.4 is 5.73 Å². The summed E-state index contributed by atoms with van der Waals surface area (Å²) < 4.78 is 0. The van der Waals surface area contributed by atoms with Crippen molar-refractivity contribution in [2.45, 2.75) is 45.8 Å². The number of nitrogens with two attached hydrogens (primary N) is 1. The minimum atomic E-state index is -0.519. The maximum atomic E-state index is 7.20. The summed E-state index contributed by atoms with van der Waals surface area (Å²) in [7, 11) is 0. The Bertz CT molecular complexity index is 971. The van der Waals surface area contributed by atoms with E-state index in [1.165, 1.54) is 22.1 Å². The van der Waals surface area contributed by atoms with Crippen molar-refractivity contribution >= 4 is 28.1 Å². The number of benzene rings is 1. The molecule has 0 amide bonds. The molecule has 3 N–H and O–H groups in total. The van der Waals surface area contributed by atoms with Crippen molar-refractivity contribution in [3.8, 4) is 0 Å². The van der Waals surface area contributed by atoms with Crippen molar-refractivity contribution in [2.24, 2.45) is 11.7 Å². The normalized spacial score (nSPS) is 25.2. The molecule has 1 aliphatic heterocycles. The van der Waals surface area contributed by atoms with E-state index in [2.05, 4.69) is 61.2 Å². The van der Waals surface area contributed by atoms with Gasteiger partial charge in [-0.3, -0.25) is 4.90 Å². The molecule has 1 aromatic heterocycles. The molecule has 4 rings (SSSR count). The van der Waals surface area contributed by atoms with E-state index in [-0.39, 0.29) is 0 Å². The Hall–Kier alpha value is -1.59. The highest BCUT2D eigenvalue weighted by molar-refractivity contribution is 6.35. The zero-order valence-corrected chi connectivity index (χ0v) is 18.8. The Morgan fingerprint density at radius 2 is 2.14 bits per heavy atom. The van der Waals surface area contributed by atoms with E-state index in [4.69, 9.17) is 17.3 Å². The molecule has 2 heterocycles. The van der Waals surface area contributed by atoms with Crippen LogP contribution in [0.5, 0.6) is 0 Å². The maximum Gasteiger partial charge on any atom is 0.0998 e. The van der Waals surface area contributed by atoms with Crippen LogP contribution in [-0.4, -0.2) is 52.7 Å². The van der Waals surface area contributed by atoms with Crippen molar-refractivity contribution < 1.29 is 0 Å². The highest BCUT2D eigenvalue weighted by atomic mass is 35.5. The minimum Gasteiger partial charge on any atom is -0.357 e. The monoisotopic (exact) mass is 412 g/mol. The lowest BCUT2D eigenvalue weighted by molar-refractivity contribution is 0.0938. The number of rotatable bonds is 6. The average Bonchev–Trinajstić information content (AvgIpc) is 3.03. The first-order valence-electron chi connectivity index (χ1n) is 10.8. The summed E-state index contributed by atoms with van der Waals surface area (Å²) in [5, 5.41) is 2.02. The number of hydrogen-bond donors (Lipinski definition) is 2. The molecule has 29 heavy (non-hydrogen) atoms. The number of fused-ring (bicyclic) bond motifs is 2. The molecule has 3 atom stereocenters. The van der Waals surface area contributed by atoms with Gasteiger partial charge in [0.1, 0.15) is 0 Å². The lowest BCUT2D eigenvalue weighted by Gasteiger charge is -2.51. The molecule has 4 nitrogen and oxygen atoms in total. The van der Waals surface area contributed by atoms with Gasteiger partial charge in [-0.2, -0.15) is 0 Å². The SMILES string of the molecule is C=CCN1C[C@H](C(C)N(CC)CC)C=C2c3ccc(Cl)c4[nH]c(C)c(c34)C[C@]21N. The van der Waals surface area contributed by atoms with E-state index in [1.807, 2.05) is 12.1 Å². The summed E-state index contributed by atoms with van der Waals surface area (Å²) in [6, 6.07) is 4.61. The van der Waals surface area contributed by atoms with Gasteiger partial charge in [0.2, 0.25) is 0 Å². The number of aryl methyl sites for hydroxylation is 1. The molecule has 0 saturated heterocycles. The van der Waals surface area contributed by atoms with E-state index in [0.717, 1.165) is 48.8 Å². The predicted octanol–water partition coefficient (Wildman–Crippen LogP) is 4.57. The average molecular weight is 413 g/mol. The van der Waals surface area contributed by atoms with Crippen LogP contribution in [0.15, 0.2) is 30.9 Å². The second-order valence-electron chi connectivity index (χ2n) is 8.57. The largest absolute Gasteiger partial charge is 0.357 e. The fourth-order valence-electron chi connectivity index (χ4n) is 5.46. The summed E-state index contributed by atoms with van der Waals surface area (Å²) in [6.07, 6.45) is 5.22. The van der Waals surface area contributed by atoms with Crippen LogP contribution >= 0.6 is 11.6 Å². The molecule has 0 bridgehead atoms. The van der Waals surface area contributed by atoms with Gasteiger partial charge in [0.25, 0.3) is 0 Å². The molecule has 0 spiro atoms. The highest BCUT2D eigenvalue weighted by Gasteiger charge is 2.46. The van der Waals surface area contributed by atoms with E-state index in [9.17, 15) is 0 Å². The third kappa shape index (κ3) is 3.09. The summed E-state index contributed by atoms with van der Waals surface area (Å²) in [6.45, 7) is 16.8. The molecule has 2 aliphatic rings. The van der Waals surface area contributed by atoms with Gasteiger partial charge in [0.05, 0.1) is 16.2 Å². The Balaban J connectivity index is 1.91. The standard InChI is InChI=1S/C24H33ClN4/c1-6-11-29-14-17(16(5)28(7-2)8-3)12-20-18-9-10-21(25)23-22(18)19(15(4)27-23)13-24(20,29)26/h6,9-10,12,16-17,27H,1,7-8,11,13-14,26H2,2-5H3/t16?,17-,24-/m1/s1. The fraction of sp³-hybridized carbons (Fsp3) is 0.500. The Morgan fingerprint density at radius 1 is 1.41 bits per heavy atom. The fourth-order valence-corrected chi connectivity index (χ4v) is 5.67. The minimum absolute atomic E-state index is 0.411. The topological polar surface area (TPSA) is 48.3 Å². The van der Waals surface area contributed by atoms with Crippen molar-refractivity contribution in [1.82, 2.24) is 14.8 Å². The van der Waals surface area contributed by atoms with Crippen LogP contribution in [0, 0.1) is 12.8 Å². The number of H-pyrrole nitrogens is 1. The maximum absolute atomic E-state index is 7.20. The molecular weight excluding hydrogens is 380 g/mol. The Kier molecular flexibility index (Phi) is 5.41. The number of hydrogen-bond acceptors (Lipinski definition) is 3. The van der Waals surface area contributed by atoms with Gasteiger partial charge >= 0.3 is 0 Å². The quantitative estimate of drug-likeness (QED) is 0.683. The molecule has 1 aliphatic carbocycles. The van der Waals surface area contributed by atoms with E-state index in [1.54, 1.807) is 0 Å². The number of halogens is 1. The zero-order chi connectivity index (χ0) is 20.9. The van der Waals surface area contributed by atoms with Crippen LogP contribution in [-0.2, 0) is 6.42 Å². The lowest BCUT2D eigenvalue weighted by Crippen LogP contribution is -2.63. The third-order valence-electron chi connectivity index (χ3n) is 7.16.